The van der Waals surface area contributed by atoms with Gasteiger partial charge in [-0.15, -0.1) is 0 Å². The fourth-order valence-electron chi connectivity index (χ4n) is 3.62. The first kappa shape index (κ1) is 21.0. The predicted molar refractivity (Wildman–Crippen MR) is 105 cm³/mol. The normalized spacial score (nSPS) is 16.1. The summed E-state index contributed by atoms with van der Waals surface area (Å²) in [6.07, 6.45) is 2.13. The molecular weight excluding hydrogens is 377 g/mol. The Labute approximate surface area is 169 Å². The molecule has 7 heteroatoms. The number of halogens is 1. The van der Waals surface area contributed by atoms with Crippen molar-refractivity contribution >= 4 is 11.8 Å². The summed E-state index contributed by atoms with van der Waals surface area (Å²) >= 11 is 0. The third kappa shape index (κ3) is 5.03. The Balaban J connectivity index is 1.57. The number of carbonyl (C=O) groups is 2. The molecule has 1 fully saturated rings. The maximum Gasteiger partial charge on any atom is 0.310 e. The second kappa shape index (κ2) is 9.22. The van der Waals surface area contributed by atoms with Gasteiger partial charge in [0.05, 0.1) is 19.6 Å². The third-order valence-electron chi connectivity index (χ3n) is 5.21. The Morgan fingerprint density at radius 3 is 2.72 bits per heavy atom. The second-order valence-electron chi connectivity index (χ2n) is 7.26. The lowest BCUT2D eigenvalue weighted by atomic mass is 10.1. The molecule has 0 unspecified atom stereocenters. The van der Waals surface area contributed by atoms with E-state index in [4.69, 9.17) is 14.2 Å². The van der Waals surface area contributed by atoms with E-state index in [2.05, 4.69) is 4.57 Å². The molecule has 0 N–H and O–H groups in total. The van der Waals surface area contributed by atoms with Crippen LogP contribution in [0.15, 0.2) is 24.3 Å². The summed E-state index contributed by atoms with van der Waals surface area (Å²) in [6, 6.07) is 6.08. The third-order valence-corrected chi connectivity index (χ3v) is 5.21. The number of ketones is 1. The zero-order valence-electron chi connectivity index (χ0n) is 17.0. The Kier molecular flexibility index (Phi) is 6.69. The molecule has 29 heavy (non-hydrogen) atoms. The highest BCUT2D eigenvalue weighted by Gasteiger charge is 2.21. The van der Waals surface area contributed by atoms with E-state index in [0.29, 0.717) is 17.7 Å². The monoisotopic (exact) mass is 403 g/mol. The molecule has 1 aromatic carbocycles. The van der Waals surface area contributed by atoms with E-state index in [1.165, 1.54) is 19.2 Å². The SMILES string of the molecule is COc1ccc(CC(=O)OCC(=O)c2cc(C)n(C[C@H]3CCCO3)c2C)cc1F. The summed E-state index contributed by atoms with van der Waals surface area (Å²) < 4.78 is 31.5. The number of hydrogen-bond donors (Lipinski definition) is 0. The van der Waals surface area contributed by atoms with Crippen molar-refractivity contribution in [3.8, 4) is 5.75 Å². The van der Waals surface area contributed by atoms with Gasteiger partial charge >= 0.3 is 5.97 Å². The van der Waals surface area contributed by atoms with Crippen molar-refractivity contribution in [3.63, 3.8) is 0 Å². The lowest BCUT2D eigenvalue weighted by Crippen LogP contribution is -2.18. The Morgan fingerprint density at radius 1 is 1.28 bits per heavy atom. The number of nitrogens with zero attached hydrogens (tertiary/aromatic N) is 1. The molecular formula is C22H26FNO5. The maximum atomic E-state index is 13.7. The molecule has 156 valence electrons. The minimum Gasteiger partial charge on any atom is -0.494 e. The molecule has 1 atom stereocenters. The predicted octanol–water partition coefficient (Wildman–Crippen LogP) is 3.40. The number of aryl methyl sites for hydroxylation is 1. The van der Waals surface area contributed by atoms with Crippen LogP contribution in [0, 0.1) is 19.7 Å². The highest BCUT2D eigenvalue weighted by molar-refractivity contribution is 5.99. The van der Waals surface area contributed by atoms with Crippen molar-refractivity contribution in [2.45, 2.75) is 45.8 Å². The number of carbonyl (C=O) groups excluding carboxylic acids is 2. The summed E-state index contributed by atoms with van der Waals surface area (Å²) in [5.41, 5.74) is 2.82. The van der Waals surface area contributed by atoms with Gasteiger partial charge in [-0.1, -0.05) is 6.07 Å². The molecule has 0 bridgehead atoms. The van der Waals surface area contributed by atoms with Crippen molar-refractivity contribution in [1.82, 2.24) is 4.57 Å². The summed E-state index contributed by atoms with van der Waals surface area (Å²) in [6.45, 7) is 4.99. The zero-order valence-corrected chi connectivity index (χ0v) is 17.0. The summed E-state index contributed by atoms with van der Waals surface area (Å²) in [5.74, 6) is -1.29. The molecule has 0 aliphatic carbocycles. The lowest BCUT2D eigenvalue weighted by Gasteiger charge is -2.14. The minimum absolute atomic E-state index is 0.107. The number of aromatic nitrogens is 1. The average Bonchev–Trinajstić information content (AvgIpc) is 3.30. The largest absolute Gasteiger partial charge is 0.494 e. The van der Waals surface area contributed by atoms with Gasteiger partial charge < -0.3 is 18.8 Å². The molecule has 0 saturated carbocycles. The number of hydrogen-bond acceptors (Lipinski definition) is 5. The van der Waals surface area contributed by atoms with E-state index in [1.807, 2.05) is 19.9 Å². The Morgan fingerprint density at radius 2 is 2.07 bits per heavy atom. The number of methoxy groups -OCH3 is 1. The highest BCUT2D eigenvalue weighted by Crippen LogP contribution is 2.21. The van der Waals surface area contributed by atoms with Crippen LogP contribution in [-0.2, 0) is 27.2 Å². The smallest absolute Gasteiger partial charge is 0.310 e. The summed E-state index contributed by atoms with van der Waals surface area (Å²) in [4.78, 5) is 24.6. The minimum atomic E-state index is -0.587. The van der Waals surface area contributed by atoms with Crippen LogP contribution in [0.2, 0.25) is 0 Å². The van der Waals surface area contributed by atoms with Crippen LogP contribution in [-0.4, -0.2) is 42.7 Å². The van der Waals surface area contributed by atoms with Crippen molar-refractivity contribution in [2.75, 3.05) is 20.3 Å². The first-order valence-electron chi connectivity index (χ1n) is 9.68. The Hall–Kier alpha value is -2.67. The fraction of sp³-hybridized carbons (Fsp3) is 0.455. The topological polar surface area (TPSA) is 66.8 Å². The molecule has 2 aromatic rings. The van der Waals surface area contributed by atoms with Gasteiger partial charge in [0.15, 0.2) is 18.2 Å². The standard InChI is InChI=1S/C22H26FNO5/c1-14-9-18(15(2)24(14)12-17-5-4-8-28-17)20(25)13-29-22(26)11-16-6-7-21(27-3)19(23)10-16/h6-7,9-10,17H,4-5,8,11-13H2,1-3H3/t17-/m1/s1. The zero-order chi connectivity index (χ0) is 21.0. The van der Waals surface area contributed by atoms with E-state index in [1.54, 1.807) is 6.07 Å². The average molecular weight is 403 g/mol. The number of benzene rings is 1. The first-order valence-corrected chi connectivity index (χ1v) is 9.68. The van der Waals surface area contributed by atoms with E-state index < -0.39 is 11.8 Å². The van der Waals surface area contributed by atoms with Gasteiger partial charge in [-0.05, 0) is 50.5 Å². The highest BCUT2D eigenvalue weighted by atomic mass is 19.1. The van der Waals surface area contributed by atoms with Crippen LogP contribution in [0.1, 0.15) is 40.2 Å². The van der Waals surface area contributed by atoms with Gasteiger partial charge in [0, 0.05) is 30.1 Å². The molecule has 2 heterocycles. The number of esters is 1. The van der Waals surface area contributed by atoms with Crippen molar-refractivity contribution in [3.05, 3.63) is 52.6 Å². The summed E-state index contributed by atoms with van der Waals surface area (Å²) in [7, 11) is 1.37. The maximum absolute atomic E-state index is 13.7. The van der Waals surface area contributed by atoms with Crippen LogP contribution < -0.4 is 4.74 Å². The molecule has 3 rings (SSSR count). The molecule has 1 aromatic heterocycles. The number of rotatable bonds is 8. The number of ether oxygens (including phenoxy) is 3. The van der Waals surface area contributed by atoms with Crippen molar-refractivity contribution in [2.24, 2.45) is 0 Å². The molecule has 1 saturated heterocycles. The van der Waals surface area contributed by atoms with Crippen LogP contribution >= 0.6 is 0 Å². The van der Waals surface area contributed by atoms with Gasteiger partial charge in [-0.2, -0.15) is 0 Å². The van der Waals surface area contributed by atoms with Crippen molar-refractivity contribution in [1.29, 1.82) is 0 Å². The molecule has 6 nitrogen and oxygen atoms in total. The molecule has 0 spiro atoms. The quantitative estimate of drug-likeness (QED) is 0.499. The van der Waals surface area contributed by atoms with Gasteiger partial charge in [-0.25, -0.2) is 4.39 Å². The van der Waals surface area contributed by atoms with Crippen LogP contribution in [0.4, 0.5) is 4.39 Å². The van der Waals surface area contributed by atoms with Crippen LogP contribution in [0.25, 0.3) is 0 Å². The van der Waals surface area contributed by atoms with Gasteiger partial charge in [-0.3, -0.25) is 9.59 Å². The van der Waals surface area contributed by atoms with E-state index in [-0.39, 0.29) is 30.7 Å². The van der Waals surface area contributed by atoms with E-state index in [0.717, 1.165) is 30.8 Å². The fourth-order valence-corrected chi connectivity index (χ4v) is 3.62. The first-order chi connectivity index (χ1) is 13.9. The van der Waals surface area contributed by atoms with E-state index >= 15 is 0 Å². The molecule has 0 amide bonds. The lowest BCUT2D eigenvalue weighted by molar-refractivity contribution is -0.141. The van der Waals surface area contributed by atoms with Gasteiger partial charge in [0.25, 0.3) is 0 Å². The van der Waals surface area contributed by atoms with Crippen molar-refractivity contribution < 1.29 is 28.2 Å². The molecule has 1 aliphatic rings. The van der Waals surface area contributed by atoms with Gasteiger partial charge in [0.1, 0.15) is 0 Å². The van der Waals surface area contributed by atoms with E-state index in [9.17, 15) is 14.0 Å². The number of Topliss-reactive ketones (excluding diaryl/α,β-unsaturated/α-hetero) is 1. The second-order valence-corrected chi connectivity index (χ2v) is 7.26. The van der Waals surface area contributed by atoms with Gasteiger partial charge in [0.2, 0.25) is 5.78 Å². The Bertz CT molecular complexity index is 899. The molecule has 0 radical (unpaired) electrons. The molecule has 1 aliphatic heterocycles. The van der Waals surface area contributed by atoms with Crippen LogP contribution in [0.3, 0.4) is 0 Å². The summed E-state index contributed by atoms with van der Waals surface area (Å²) in [5, 5.41) is 0. The van der Waals surface area contributed by atoms with Crippen LogP contribution in [0.5, 0.6) is 5.75 Å².